The van der Waals surface area contributed by atoms with Crippen molar-refractivity contribution in [1.29, 1.82) is 0 Å². The van der Waals surface area contributed by atoms with Crippen molar-refractivity contribution in [3.63, 3.8) is 0 Å². The molecule has 0 bridgehead atoms. The molecule has 96 valence electrons. The number of carbonyl (C=O) groups is 2. The highest BCUT2D eigenvalue weighted by molar-refractivity contribution is 5.92. The lowest BCUT2D eigenvalue weighted by atomic mass is 9.87. The summed E-state index contributed by atoms with van der Waals surface area (Å²) in [6.45, 7) is 4.42. The van der Waals surface area contributed by atoms with Crippen molar-refractivity contribution >= 4 is 11.9 Å². The van der Waals surface area contributed by atoms with E-state index in [2.05, 4.69) is 9.97 Å². The van der Waals surface area contributed by atoms with E-state index in [1.54, 1.807) is 24.9 Å². The van der Waals surface area contributed by atoms with Crippen LogP contribution in [0, 0.1) is 18.8 Å². The molecule has 1 aliphatic heterocycles. The molecule has 1 unspecified atom stereocenters. The summed E-state index contributed by atoms with van der Waals surface area (Å²) in [6.07, 6.45) is 3.00. The quantitative estimate of drug-likeness (QED) is 0.847. The highest BCUT2D eigenvalue weighted by atomic mass is 16.4. The second-order valence-corrected chi connectivity index (χ2v) is 4.64. The number of carboxylic acids is 1. The van der Waals surface area contributed by atoms with Gasteiger partial charge in [-0.1, -0.05) is 6.92 Å². The topological polar surface area (TPSA) is 83.4 Å². The molecule has 6 heteroatoms. The van der Waals surface area contributed by atoms with Crippen LogP contribution in [0.4, 0.5) is 0 Å². The van der Waals surface area contributed by atoms with E-state index in [0.29, 0.717) is 18.8 Å². The third-order valence-corrected chi connectivity index (χ3v) is 3.29. The Kier molecular flexibility index (Phi) is 3.27. The molecule has 2 rings (SSSR count). The number of hydrogen-bond acceptors (Lipinski definition) is 4. The van der Waals surface area contributed by atoms with E-state index in [4.69, 9.17) is 5.11 Å². The number of nitrogens with zero attached hydrogens (tertiary/aromatic N) is 3. The maximum atomic E-state index is 12.0. The molecule has 0 spiro atoms. The van der Waals surface area contributed by atoms with Crippen LogP contribution in [0.2, 0.25) is 0 Å². The summed E-state index contributed by atoms with van der Waals surface area (Å²) >= 11 is 0. The minimum absolute atomic E-state index is 0.0323. The first-order valence-corrected chi connectivity index (χ1v) is 5.79. The molecule has 1 aliphatic rings. The SMILES string of the molecule is Cc1cnc(C(=O)N2CC(C(C)C(=O)O)C2)cn1. The first-order chi connectivity index (χ1) is 8.49. The Morgan fingerprint density at radius 2 is 2.06 bits per heavy atom. The number of hydrogen-bond donors (Lipinski definition) is 1. The highest BCUT2D eigenvalue weighted by Crippen LogP contribution is 2.25. The van der Waals surface area contributed by atoms with Gasteiger partial charge in [0, 0.05) is 25.2 Å². The van der Waals surface area contributed by atoms with Crippen molar-refractivity contribution in [1.82, 2.24) is 14.9 Å². The van der Waals surface area contributed by atoms with Crippen molar-refractivity contribution in [3.8, 4) is 0 Å². The second kappa shape index (κ2) is 4.72. The van der Waals surface area contributed by atoms with Gasteiger partial charge in [0.1, 0.15) is 5.69 Å². The Labute approximate surface area is 105 Å². The zero-order valence-corrected chi connectivity index (χ0v) is 10.3. The van der Waals surface area contributed by atoms with Crippen LogP contribution >= 0.6 is 0 Å². The van der Waals surface area contributed by atoms with Gasteiger partial charge < -0.3 is 10.0 Å². The number of amides is 1. The van der Waals surface area contributed by atoms with Gasteiger partial charge in [-0.2, -0.15) is 0 Å². The van der Waals surface area contributed by atoms with E-state index < -0.39 is 11.9 Å². The average molecular weight is 249 g/mol. The molecule has 18 heavy (non-hydrogen) atoms. The molecule has 1 saturated heterocycles. The monoisotopic (exact) mass is 249 g/mol. The van der Waals surface area contributed by atoms with Gasteiger partial charge in [0.25, 0.3) is 5.91 Å². The van der Waals surface area contributed by atoms with Gasteiger partial charge in [0.15, 0.2) is 0 Å². The van der Waals surface area contributed by atoms with Crippen molar-refractivity contribution in [3.05, 3.63) is 23.8 Å². The zero-order valence-electron chi connectivity index (χ0n) is 10.3. The summed E-state index contributed by atoms with van der Waals surface area (Å²) in [4.78, 5) is 32.4. The van der Waals surface area contributed by atoms with Gasteiger partial charge in [-0.3, -0.25) is 14.6 Å². The molecule has 0 aromatic carbocycles. The third kappa shape index (κ3) is 2.32. The predicted molar refractivity (Wildman–Crippen MR) is 63.0 cm³/mol. The van der Waals surface area contributed by atoms with Crippen LogP contribution in [0.3, 0.4) is 0 Å². The molecule has 1 aromatic rings. The number of aromatic nitrogens is 2. The third-order valence-electron chi connectivity index (χ3n) is 3.29. The molecule has 0 aliphatic carbocycles. The lowest BCUT2D eigenvalue weighted by molar-refractivity contribution is -0.144. The fourth-order valence-corrected chi connectivity index (χ4v) is 1.86. The number of carboxylic acid groups (broad SMARTS) is 1. The van der Waals surface area contributed by atoms with E-state index in [-0.39, 0.29) is 11.8 Å². The smallest absolute Gasteiger partial charge is 0.306 e. The molecule has 0 saturated carbocycles. The highest BCUT2D eigenvalue weighted by Gasteiger charge is 2.37. The van der Waals surface area contributed by atoms with Crippen molar-refractivity contribution in [2.24, 2.45) is 11.8 Å². The van der Waals surface area contributed by atoms with Crippen LogP contribution in [0.25, 0.3) is 0 Å². The van der Waals surface area contributed by atoms with Crippen LogP contribution in [0.15, 0.2) is 12.4 Å². The van der Waals surface area contributed by atoms with Gasteiger partial charge >= 0.3 is 5.97 Å². The summed E-state index contributed by atoms with van der Waals surface area (Å²) in [5.41, 5.74) is 1.06. The standard InChI is InChI=1S/C12H15N3O3/c1-7-3-14-10(4-13-7)11(16)15-5-9(6-15)8(2)12(17)18/h3-4,8-9H,5-6H2,1-2H3,(H,17,18). The number of aliphatic carboxylic acids is 1. The fourth-order valence-electron chi connectivity index (χ4n) is 1.86. The molecular weight excluding hydrogens is 234 g/mol. The van der Waals surface area contributed by atoms with E-state index in [1.165, 1.54) is 6.20 Å². The van der Waals surface area contributed by atoms with Gasteiger partial charge in [0.05, 0.1) is 17.8 Å². The Balaban J connectivity index is 1.94. The Morgan fingerprint density at radius 3 is 2.56 bits per heavy atom. The van der Waals surface area contributed by atoms with Crippen molar-refractivity contribution in [2.45, 2.75) is 13.8 Å². The number of likely N-dealkylation sites (tertiary alicyclic amines) is 1. The normalized spacial score (nSPS) is 17.1. The van der Waals surface area contributed by atoms with Crippen molar-refractivity contribution in [2.75, 3.05) is 13.1 Å². The minimum Gasteiger partial charge on any atom is -0.481 e. The molecule has 1 fully saturated rings. The lowest BCUT2D eigenvalue weighted by Gasteiger charge is -2.40. The molecular formula is C12H15N3O3. The lowest BCUT2D eigenvalue weighted by Crippen LogP contribution is -2.53. The van der Waals surface area contributed by atoms with Crippen LogP contribution in [-0.4, -0.2) is 44.9 Å². The molecule has 0 radical (unpaired) electrons. The zero-order chi connectivity index (χ0) is 13.3. The maximum absolute atomic E-state index is 12.0. The van der Waals surface area contributed by atoms with E-state index >= 15 is 0 Å². The summed E-state index contributed by atoms with van der Waals surface area (Å²) in [5.74, 6) is -1.39. The summed E-state index contributed by atoms with van der Waals surface area (Å²) in [7, 11) is 0. The first-order valence-electron chi connectivity index (χ1n) is 5.79. The fraction of sp³-hybridized carbons (Fsp3) is 0.500. The summed E-state index contributed by atoms with van der Waals surface area (Å²) < 4.78 is 0. The molecule has 1 amide bonds. The molecule has 6 nitrogen and oxygen atoms in total. The maximum Gasteiger partial charge on any atom is 0.306 e. The molecule has 1 N–H and O–H groups in total. The number of carbonyl (C=O) groups excluding carboxylic acids is 1. The van der Waals surface area contributed by atoms with Gasteiger partial charge in [-0.05, 0) is 6.92 Å². The minimum atomic E-state index is -0.817. The van der Waals surface area contributed by atoms with E-state index in [1.807, 2.05) is 0 Å². The summed E-state index contributed by atoms with van der Waals surface area (Å²) in [6, 6.07) is 0. The molecule has 1 atom stereocenters. The first kappa shape index (κ1) is 12.5. The molecule has 2 heterocycles. The largest absolute Gasteiger partial charge is 0.481 e. The van der Waals surface area contributed by atoms with Crippen LogP contribution in [0.5, 0.6) is 0 Å². The summed E-state index contributed by atoms with van der Waals surface area (Å²) in [5, 5.41) is 8.86. The Morgan fingerprint density at radius 1 is 1.39 bits per heavy atom. The van der Waals surface area contributed by atoms with Crippen LogP contribution < -0.4 is 0 Å². The predicted octanol–water partition coefficient (Wildman–Crippen LogP) is 0.578. The molecule has 1 aromatic heterocycles. The Hall–Kier alpha value is -1.98. The second-order valence-electron chi connectivity index (χ2n) is 4.64. The average Bonchev–Trinajstić information content (AvgIpc) is 2.27. The van der Waals surface area contributed by atoms with Crippen LogP contribution in [0.1, 0.15) is 23.1 Å². The number of aryl methyl sites for hydroxylation is 1. The van der Waals surface area contributed by atoms with E-state index in [9.17, 15) is 9.59 Å². The Bertz CT molecular complexity index is 466. The van der Waals surface area contributed by atoms with Crippen LogP contribution in [-0.2, 0) is 4.79 Å². The van der Waals surface area contributed by atoms with Crippen molar-refractivity contribution < 1.29 is 14.7 Å². The van der Waals surface area contributed by atoms with E-state index in [0.717, 1.165) is 5.69 Å². The van der Waals surface area contributed by atoms with Gasteiger partial charge in [-0.15, -0.1) is 0 Å². The van der Waals surface area contributed by atoms with Gasteiger partial charge in [0.2, 0.25) is 0 Å². The van der Waals surface area contributed by atoms with Gasteiger partial charge in [-0.25, -0.2) is 4.98 Å². The number of rotatable bonds is 3.